The summed E-state index contributed by atoms with van der Waals surface area (Å²) in [4.78, 5) is 28.0. The Labute approximate surface area is 203 Å². The van der Waals surface area contributed by atoms with Crippen molar-refractivity contribution in [2.24, 2.45) is 5.92 Å². The van der Waals surface area contributed by atoms with Gasteiger partial charge in [-0.3, -0.25) is 4.79 Å². The minimum Gasteiger partial charge on any atom is -0.497 e. The van der Waals surface area contributed by atoms with Crippen molar-refractivity contribution < 1.29 is 9.53 Å². The van der Waals surface area contributed by atoms with E-state index in [1.807, 2.05) is 64.1 Å². The van der Waals surface area contributed by atoms with Crippen LogP contribution in [0.1, 0.15) is 29.2 Å². The molecular formula is C27H27N5O3. The number of likely N-dealkylation sites (tertiary alicyclic amines) is 1. The summed E-state index contributed by atoms with van der Waals surface area (Å²) >= 11 is 0. The van der Waals surface area contributed by atoms with Gasteiger partial charge < -0.3 is 24.8 Å². The molecule has 2 amide bonds. The van der Waals surface area contributed by atoms with Crippen molar-refractivity contribution in [3.63, 3.8) is 0 Å². The van der Waals surface area contributed by atoms with Crippen LogP contribution < -0.4 is 20.9 Å². The number of fused-ring (bicyclic) bond motifs is 4. The number of nitrogens with one attached hydrogen (secondary N) is 2. The molecule has 178 valence electrons. The molecule has 2 atom stereocenters. The number of piperidine rings is 1. The fourth-order valence-electron chi connectivity index (χ4n) is 5.07. The lowest BCUT2D eigenvalue weighted by Gasteiger charge is -2.42. The summed E-state index contributed by atoms with van der Waals surface area (Å²) in [7, 11) is 1.61. The van der Waals surface area contributed by atoms with Crippen molar-refractivity contribution in [3.05, 3.63) is 87.8 Å². The smallest absolute Gasteiger partial charge is 0.321 e. The molecule has 0 aliphatic carbocycles. The van der Waals surface area contributed by atoms with Gasteiger partial charge >= 0.3 is 6.03 Å². The second kappa shape index (κ2) is 9.55. The van der Waals surface area contributed by atoms with Crippen molar-refractivity contribution in [3.8, 4) is 11.8 Å². The van der Waals surface area contributed by atoms with Gasteiger partial charge in [0, 0.05) is 43.5 Å². The Balaban J connectivity index is 1.28. The van der Waals surface area contributed by atoms with Crippen LogP contribution in [-0.2, 0) is 13.1 Å². The lowest BCUT2D eigenvalue weighted by molar-refractivity contribution is 0.139. The van der Waals surface area contributed by atoms with Crippen molar-refractivity contribution >= 4 is 17.4 Å². The summed E-state index contributed by atoms with van der Waals surface area (Å²) in [6.07, 6.45) is 0.972. The van der Waals surface area contributed by atoms with Crippen LogP contribution in [0.25, 0.3) is 0 Å². The van der Waals surface area contributed by atoms with Crippen LogP contribution in [-0.4, -0.2) is 35.7 Å². The number of benzene rings is 2. The van der Waals surface area contributed by atoms with Crippen molar-refractivity contribution in [1.29, 1.82) is 5.26 Å². The minimum absolute atomic E-state index is 0.0372. The molecule has 35 heavy (non-hydrogen) atoms. The number of rotatable bonds is 5. The first kappa shape index (κ1) is 22.5. The predicted octanol–water partition coefficient (Wildman–Crippen LogP) is 3.99. The number of nitrogens with zero attached hydrogens (tertiary/aromatic N) is 3. The molecule has 8 heteroatoms. The molecule has 2 aromatic carbocycles. The van der Waals surface area contributed by atoms with E-state index in [4.69, 9.17) is 10.00 Å². The summed E-state index contributed by atoms with van der Waals surface area (Å²) in [6, 6.07) is 20.5. The highest BCUT2D eigenvalue weighted by atomic mass is 16.5. The third-order valence-corrected chi connectivity index (χ3v) is 6.77. The summed E-state index contributed by atoms with van der Waals surface area (Å²) < 4.78 is 7.04. The van der Waals surface area contributed by atoms with Crippen LogP contribution in [0.2, 0.25) is 0 Å². The number of methoxy groups -OCH3 is 1. The van der Waals surface area contributed by atoms with E-state index in [9.17, 15) is 9.59 Å². The zero-order valence-corrected chi connectivity index (χ0v) is 19.5. The number of aromatic nitrogens is 1. The maximum absolute atomic E-state index is 13.2. The van der Waals surface area contributed by atoms with Crippen molar-refractivity contribution in [2.75, 3.05) is 30.8 Å². The van der Waals surface area contributed by atoms with Crippen LogP contribution in [0.4, 0.5) is 16.2 Å². The summed E-state index contributed by atoms with van der Waals surface area (Å²) in [5, 5.41) is 15.3. The number of hydrogen-bond donors (Lipinski definition) is 2. The second-order valence-electron chi connectivity index (χ2n) is 9.12. The average Bonchev–Trinajstić information content (AvgIpc) is 2.89. The topological polar surface area (TPSA) is 99.4 Å². The number of carbonyl (C=O) groups is 1. The Kier molecular flexibility index (Phi) is 6.15. The lowest BCUT2D eigenvalue weighted by atomic mass is 9.83. The molecule has 8 nitrogen and oxygen atoms in total. The molecule has 0 unspecified atom stereocenters. The molecule has 5 rings (SSSR count). The predicted molar refractivity (Wildman–Crippen MR) is 134 cm³/mol. The highest BCUT2D eigenvalue weighted by Gasteiger charge is 2.36. The molecule has 2 aliphatic heterocycles. The Hall–Kier alpha value is -4.25. The summed E-state index contributed by atoms with van der Waals surface area (Å²) in [5.41, 5.74) is 3.75. The zero-order valence-electron chi connectivity index (χ0n) is 19.5. The molecule has 0 spiro atoms. The van der Waals surface area contributed by atoms with Crippen LogP contribution in [0.5, 0.6) is 5.75 Å². The van der Waals surface area contributed by atoms with Gasteiger partial charge in [-0.1, -0.05) is 12.1 Å². The number of urea groups is 1. The van der Waals surface area contributed by atoms with E-state index >= 15 is 0 Å². The number of anilines is 2. The highest BCUT2D eigenvalue weighted by molar-refractivity contribution is 5.89. The van der Waals surface area contributed by atoms with Gasteiger partial charge in [-0.05, 0) is 66.4 Å². The van der Waals surface area contributed by atoms with E-state index in [0.29, 0.717) is 37.4 Å². The van der Waals surface area contributed by atoms with E-state index in [2.05, 4.69) is 16.7 Å². The molecule has 0 saturated carbocycles. The van der Waals surface area contributed by atoms with Crippen LogP contribution in [0, 0.1) is 17.2 Å². The largest absolute Gasteiger partial charge is 0.497 e. The van der Waals surface area contributed by atoms with Crippen molar-refractivity contribution in [2.45, 2.75) is 25.4 Å². The third kappa shape index (κ3) is 4.71. The molecule has 1 aromatic heterocycles. The van der Waals surface area contributed by atoms with Gasteiger partial charge in [0.15, 0.2) is 0 Å². The Morgan fingerprint density at radius 1 is 1.11 bits per heavy atom. The van der Waals surface area contributed by atoms with Gasteiger partial charge in [0.25, 0.3) is 5.56 Å². The Bertz CT molecular complexity index is 1340. The first-order chi connectivity index (χ1) is 17.0. The van der Waals surface area contributed by atoms with E-state index in [1.165, 1.54) is 0 Å². The number of pyridine rings is 1. The van der Waals surface area contributed by atoms with Gasteiger partial charge in [0.05, 0.1) is 18.7 Å². The van der Waals surface area contributed by atoms with Crippen LogP contribution >= 0.6 is 0 Å². The van der Waals surface area contributed by atoms with Crippen LogP contribution in [0.3, 0.4) is 0 Å². The fraction of sp³-hybridized carbons (Fsp3) is 0.296. The SMILES string of the molecule is COc1ccc(NC(=O)N2C[C@@H]3C[C@H](C2)c2ccc(NCc4cccc(C#N)c4)c(=O)n2C3)cc1. The molecule has 1 fully saturated rings. The standard InChI is InChI=1S/C27H27N5O3/c1-35-23-7-5-22(6-8-23)30-27(34)31-15-20-12-21(17-31)25-10-9-24(26(33)32(25)16-20)29-14-19-4-2-3-18(11-19)13-28/h2-11,20-21,29H,12,14-17H2,1H3,(H,30,34)/t20-,21+/m0/s1. The van der Waals surface area contributed by atoms with Crippen LogP contribution in [0.15, 0.2) is 65.5 Å². The number of carbonyl (C=O) groups excluding carboxylic acids is 1. The second-order valence-corrected chi connectivity index (χ2v) is 9.12. The van der Waals surface area contributed by atoms with E-state index in [0.717, 1.165) is 29.1 Å². The molecule has 2 bridgehead atoms. The van der Waals surface area contributed by atoms with Crippen molar-refractivity contribution in [1.82, 2.24) is 9.47 Å². The molecule has 3 heterocycles. The maximum Gasteiger partial charge on any atom is 0.321 e. The fourth-order valence-corrected chi connectivity index (χ4v) is 5.07. The van der Waals surface area contributed by atoms with E-state index in [-0.39, 0.29) is 23.4 Å². The molecule has 0 radical (unpaired) electrons. The van der Waals surface area contributed by atoms with E-state index in [1.54, 1.807) is 13.2 Å². The molecule has 3 aromatic rings. The number of nitriles is 1. The lowest BCUT2D eigenvalue weighted by Crippen LogP contribution is -2.50. The first-order valence-electron chi connectivity index (χ1n) is 11.7. The van der Waals surface area contributed by atoms with Gasteiger partial charge in [0.2, 0.25) is 0 Å². The molecular weight excluding hydrogens is 442 g/mol. The zero-order chi connectivity index (χ0) is 24.4. The molecule has 2 aliphatic rings. The number of hydrogen-bond acceptors (Lipinski definition) is 5. The van der Waals surface area contributed by atoms with Gasteiger partial charge in [-0.15, -0.1) is 0 Å². The molecule has 1 saturated heterocycles. The normalized spacial score (nSPS) is 18.2. The average molecular weight is 470 g/mol. The Morgan fingerprint density at radius 3 is 2.71 bits per heavy atom. The first-order valence-corrected chi connectivity index (χ1v) is 11.7. The van der Waals surface area contributed by atoms with Gasteiger partial charge in [0.1, 0.15) is 11.4 Å². The summed E-state index contributed by atoms with van der Waals surface area (Å²) in [6.45, 7) is 2.25. The number of amides is 2. The van der Waals surface area contributed by atoms with Gasteiger partial charge in [-0.25, -0.2) is 4.79 Å². The highest BCUT2D eigenvalue weighted by Crippen LogP contribution is 2.35. The number of ether oxygens (including phenoxy) is 1. The van der Waals surface area contributed by atoms with E-state index < -0.39 is 0 Å². The summed E-state index contributed by atoms with van der Waals surface area (Å²) in [5.74, 6) is 1.09. The maximum atomic E-state index is 13.2. The monoisotopic (exact) mass is 469 g/mol. The minimum atomic E-state index is -0.126. The quantitative estimate of drug-likeness (QED) is 0.589. The van der Waals surface area contributed by atoms with Gasteiger partial charge in [-0.2, -0.15) is 5.26 Å². The molecule has 2 N–H and O–H groups in total. The Morgan fingerprint density at radius 2 is 1.94 bits per heavy atom. The third-order valence-electron chi connectivity index (χ3n) is 6.77.